The fourth-order valence-corrected chi connectivity index (χ4v) is 2.33. The van der Waals surface area contributed by atoms with Gasteiger partial charge in [0.2, 0.25) is 0 Å². The summed E-state index contributed by atoms with van der Waals surface area (Å²) in [4.78, 5) is 11.7. The first-order valence-corrected chi connectivity index (χ1v) is 8.29. The quantitative estimate of drug-likeness (QED) is 0.267. The van der Waals surface area contributed by atoms with E-state index in [-0.39, 0.29) is 5.97 Å². The van der Waals surface area contributed by atoms with E-state index in [4.69, 9.17) is 10.5 Å². The minimum Gasteiger partial charge on any atom is -0.424 e. The lowest BCUT2D eigenvalue weighted by Gasteiger charge is -2.06. The van der Waals surface area contributed by atoms with Crippen LogP contribution in [0.3, 0.4) is 0 Å². The third-order valence-electron chi connectivity index (χ3n) is 3.63. The normalized spacial score (nSPS) is 10.5. The smallest absolute Gasteiger partial charge is 0.311 e. The van der Waals surface area contributed by atoms with E-state index in [1.807, 2.05) is 12.1 Å². The van der Waals surface area contributed by atoms with Gasteiger partial charge in [0, 0.05) is 6.42 Å². The van der Waals surface area contributed by atoms with E-state index >= 15 is 0 Å². The zero-order valence-corrected chi connectivity index (χ0v) is 13.3. The van der Waals surface area contributed by atoms with Crippen LogP contribution in [0.2, 0.25) is 0 Å². The summed E-state index contributed by atoms with van der Waals surface area (Å²) >= 11 is 0. The highest BCUT2D eigenvalue weighted by atomic mass is 16.5. The van der Waals surface area contributed by atoms with Crippen LogP contribution in [0.25, 0.3) is 0 Å². The zero-order valence-electron chi connectivity index (χ0n) is 13.3. The van der Waals surface area contributed by atoms with Gasteiger partial charge in [0.05, 0.1) is 5.69 Å². The molecule has 0 aliphatic rings. The number of hydrogen-bond acceptors (Lipinski definition) is 3. The van der Waals surface area contributed by atoms with E-state index in [1.165, 1.54) is 44.9 Å². The Morgan fingerprint density at radius 3 is 2.14 bits per heavy atom. The molecule has 0 aromatic heterocycles. The van der Waals surface area contributed by atoms with Crippen LogP contribution in [-0.4, -0.2) is 5.97 Å². The van der Waals surface area contributed by atoms with Crippen molar-refractivity contribution in [2.75, 3.05) is 5.73 Å². The van der Waals surface area contributed by atoms with Crippen LogP contribution in [-0.2, 0) is 4.79 Å². The van der Waals surface area contributed by atoms with Gasteiger partial charge < -0.3 is 10.5 Å². The summed E-state index contributed by atoms with van der Waals surface area (Å²) in [5.41, 5.74) is 6.25. The van der Waals surface area contributed by atoms with E-state index in [9.17, 15) is 4.79 Å². The molecule has 1 aromatic rings. The number of rotatable bonds is 11. The van der Waals surface area contributed by atoms with Gasteiger partial charge in [0.15, 0.2) is 5.75 Å². The number of para-hydroxylation sites is 2. The summed E-state index contributed by atoms with van der Waals surface area (Å²) in [6.45, 7) is 2.24. The minimum absolute atomic E-state index is 0.184. The average molecular weight is 291 g/mol. The van der Waals surface area contributed by atoms with Gasteiger partial charge in [-0.05, 0) is 18.6 Å². The molecule has 0 spiro atoms. The average Bonchev–Trinajstić information content (AvgIpc) is 2.48. The van der Waals surface area contributed by atoms with E-state index in [0.29, 0.717) is 17.9 Å². The molecule has 118 valence electrons. The lowest BCUT2D eigenvalue weighted by molar-refractivity contribution is -0.134. The number of ether oxygens (including phenoxy) is 1. The maximum absolute atomic E-state index is 11.7. The highest BCUT2D eigenvalue weighted by Gasteiger charge is 2.06. The van der Waals surface area contributed by atoms with E-state index < -0.39 is 0 Å². The highest BCUT2D eigenvalue weighted by Crippen LogP contribution is 2.20. The second kappa shape index (κ2) is 11.2. The van der Waals surface area contributed by atoms with Crippen LogP contribution in [0, 0.1) is 0 Å². The Kier molecular flexibility index (Phi) is 9.34. The summed E-state index contributed by atoms with van der Waals surface area (Å²) in [6.07, 6.45) is 11.7. The van der Waals surface area contributed by atoms with Crippen molar-refractivity contribution in [3.8, 4) is 5.75 Å². The Balaban J connectivity index is 2.00. The Bertz CT molecular complexity index is 404. The van der Waals surface area contributed by atoms with Crippen LogP contribution >= 0.6 is 0 Å². The van der Waals surface area contributed by atoms with Crippen LogP contribution in [0.15, 0.2) is 24.3 Å². The van der Waals surface area contributed by atoms with Crippen molar-refractivity contribution in [3.63, 3.8) is 0 Å². The van der Waals surface area contributed by atoms with Gasteiger partial charge in [0.1, 0.15) is 0 Å². The van der Waals surface area contributed by atoms with Crippen molar-refractivity contribution in [1.29, 1.82) is 0 Å². The molecule has 0 fully saturated rings. The fourth-order valence-electron chi connectivity index (χ4n) is 2.33. The summed E-state index contributed by atoms with van der Waals surface area (Å²) in [6, 6.07) is 7.11. The molecule has 1 aromatic carbocycles. The lowest BCUT2D eigenvalue weighted by Crippen LogP contribution is -2.08. The molecule has 2 N–H and O–H groups in total. The minimum atomic E-state index is -0.184. The Morgan fingerprint density at radius 2 is 1.52 bits per heavy atom. The molecular weight excluding hydrogens is 262 g/mol. The fraction of sp³-hybridized carbons (Fsp3) is 0.611. The first kappa shape index (κ1) is 17.5. The van der Waals surface area contributed by atoms with Gasteiger partial charge in [-0.25, -0.2) is 0 Å². The van der Waals surface area contributed by atoms with Crippen molar-refractivity contribution in [2.45, 2.75) is 71.1 Å². The first-order valence-electron chi connectivity index (χ1n) is 8.29. The molecule has 3 heteroatoms. The Hall–Kier alpha value is -1.51. The number of carbonyl (C=O) groups excluding carboxylic acids is 1. The predicted octanol–water partition coefficient (Wildman–Crippen LogP) is 5.10. The van der Waals surface area contributed by atoms with Crippen LogP contribution in [0.1, 0.15) is 71.1 Å². The number of benzene rings is 1. The van der Waals surface area contributed by atoms with Crippen LogP contribution < -0.4 is 10.5 Å². The number of nitrogens with two attached hydrogens (primary N) is 1. The number of hydrogen-bond donors (Lipinski definition) is 1. The molecule has 0 amide bonds. The first-order chi connectivity index (χ1) is 10.2. The second-order valence-corrected chi connectivity index (χ2v) is 5.59. The summed E-state index contributed by atoms with van der Waals surface area (Å²) in [5, 5.41) is 0. The van der Waals surface area contributed by atoms with Crippen LogP contribution in [0.5, 0.6) is 5.75 Å². The molecule has 0 aliphatic carbocycles. The third kappa shape index (κ3) is 8.38. The van der Waals surface area contributed by atoms with Crippen molar-refractivity contribution < 1.29 is 9.53 Å². The number of esters is 1. The van der Waals surface area contributed by atoms with Gasteiger partial charge in [-0.3, -0.25) is 4.79 Å². The summed E-state index contributed by atoms with van der Waals surface area (Å²) in [5.74, 6) is 0.286. The number of nitrogen functional groups attached to an aromatic ring is 1. The van der Waals surface area contributed by atoms with Crippen molar-refractivity contribution >= 4 is 11.7 Å². The predicted molar refractivity (Wildman–Crippen MR) is 88.3 cm³/mol. The van der Waals surface area contributed by atoms with E-state index in [2.05, 4.69) is 6.92 Å². The third-order valence-corrected chi connectivity index (χ3v) is 3.63. The molecule has 0 heterocycles. The molecule has 0 saturated carbocycles. The van der Waals surface area contributed by atoms with E-state index in [0.717, 1.165) is 12.8 Å². The van der Waals surface area contributed by atoms with Crippen LogP contribution in [0.4, 0.5) is 5.69 Å². The molecule has 0 atom stereocenters. The molecule has 0 bridgehead atoms. The SMILES string of the molecule is CCCCCCCCCCCC(=O)Oc1ccccc1N. The number of carbonyl (C=O) groups is 1. The Morgan fingerprint density at radius 1 is 0.952 bits per heavy atom. The highest BCUT2D eigenvalue weighted by molar-refractivity contribution is 5.74. The van der Waals surface area contributed by atoms with Crippen molar-refractivity contribution in [2.24, 2.45) is 0 Å². The zero-order chi connectivity index (χ0) is 15.3. The summed E-state index contributed by atoms with van der Waals surface area (Å²) < 4.78 is 5.25. The molecule has 1 rings (SSSR count). The number of anilines is 1. The van der Waals surface area contributed by atoms with Gasteiger partial charge in [-0.1, -0.05) is 70.4 Å². The van der Waals surface area contributed by atoms with Crippen molar-refractivity contribution in [1.82, 2.24) is 0 Å². The molecule has 0 aliphatic heterocycles. The monoisotopic (exact) mass is 291 g/mol. The Labute approximate surface area is 128 Å². The van der Waals surface area contributed by atoms with Gasteiger partial charge in [-0.15, -0.1) is 0 Å². The van der Waals surface area contributed by atoms with E-state index in [1.54, 1.807) is 12.1 Å². The topological polar surface area (TPSA) is 52.3 Å². The molecular formula is C18H29NO2. The standard InChI is InChI=1S/C18H29NO2/c1-2-3-4-5-6-7-8-9-10-15-18(20)21-17-14-12-11-13-16(17)19/h11-14H,2-10,15,19H2,1H3. The number of unbranched alkanes of at least 4 members (excludes halogenated alkanes) is 8. The molecule has 0 radical (unpaired) electrons. The maximum Gasteiger partial charge on any atom is 0.311 e. The second-order valence-electron chi connectivity index (χ2n) is 5.59. The van der Waals surface area contributed by atoms with Gasteiger partial charge in [-0.2, -0.15) is 0 Å². The molecule has 21 heavy (non-hydrogen) atoms. The molecule has 3 nitrogen and oxygen atoms in total. The van der Waals surface area contributed by atoms with Crippen molar-refractivity contribution in [3.05, 3.63) is 24.3 Å². The summed E-state index contributed by atoms with van der Waals surface area (Å²) in [7, 11) is 0. The lowest BCUT2D eigenvalue weighted by atomic mass is 10.1. The maximum atomic E-state index is 11.7. The largest absolute Gasteiger partial charge is 0.424 e. The molecule has 0 saturated heterocycles. The van der Waals surface area contributed by atoms with Gasteiger partial charge in [0.25, 0.3) is 0 Å². The molecule has 0 unspecified atom stereocenters. The van der Waals surface area contributed by atoms with Gasteiger partial charge >= 0.3 is 5.97 Å².